The van der Waals surface area contributed by atoms with Crippen molar-refractivity contribution in [2.75, 3.05) is 0 Å². The van der Waals surface area contributed by atoms with Gasteiger partial charge in [0.15, 0.2) is 0 Å². The number of benzene rings is 6. The van der Waals surface area contributed by atoms with E-state index in [-0.39, 0.29) is 11.8 Å². The summed E-state index contributed by atoms with van der Waals surface area (Å²) >= 11 is 0. The predicted octanol–water partition coefficient (Wildman–Crippen LogP) is 9.09. The molecule has 1 aromatic heterocycles. The van der Waals surface area contributed by atoms with E-state index in [0.29, 0.717) is 11.1 Å². The Bertz CT molecular complexity index is 2340. The van der Waals surface area contributed by atoms with E-state index in [2.05, 4.69) is 95.6 Å². The third kappa shape index (κ3) is 3.48. The number of nitrogens with zero attached hydrogens (tertiary/aromatic N) is 4. The maximum Gasteiger partial charge on any atom is 0.145 e. The summed E-state index contributed by atoms with van der Waals surface area (Å²) in [5.74, 6) is 0.441. The van der Waals surface area contributed by atoms with Crippen LogP contribution < -0.4 is 0 Å². The molecule has 7 aromatic rings. The molecule has 0 amide bonds. The summed E-state index contributed by atoms with van der Waals surface area (Å²) in [7, 11) is 0. The molecule has 0 fully saturated rings. The van der Waals surface area contributed by atoms with E-state index in [1.807, 2.05) is 54.6 Å². The SMILES string of the molecule is N#Cc1cccc2c1C1c3c(C#N)cccc3C2c2c(-n3c(-c4ccccc4)nc4ccccc43)ccc(-c3ccccc3)c21. The molecule has 4 heteroatoms. The van der Waals surface area contributed by atoms with Crippen molar-refractivity contribution >= 4 is 11.0 Å². The van der Waals surface area contributed by atoms with E-state index in [4.69, 9.17) is 4.98 Å². The molecule has 6 aromatic carbocycles. The molecule has 0 atom stereocenters. The Hall–Kier alpha value is -6.23. The molecular weight excluding hydrogens is 548 g/mol. The average molecular weight is 573 g/mol. The Labute approximate surface area is 260 Å². The summed E-state index contributed by atoms with van der Waals surface area (Å²) < 4.78 is 2.31. The van der Waals surface area contributed by atoms with E-state index in [1.54, 1.807) is 0 Å². The summed E-state index contributed by atoms with van der Waals surface area (Å²) in [6, 6.07) is 50.7. The van der Waals surface area contributed by atoms with Gasteiger partial charge < -0.3 is 0 Å². The van der Waals surface area contributed by atoms with Gasteiger partial charge in [0.25, 0.3) is 0 Å². The minimum atomic E-state index is -0.271. The van der Waals surface area contributed by atoms with Crippen LogP contribution in [0.5, 0.6) is 0 Å². The van der Waals surface area contributed by atoms with E-state index in [0.717, 1.165) is 67.1 Å². The zero-order valence-corrected chi connectivity index (χ0v) is 24.1. The minimum absolute atomic E-state index is 0.167. The third-order valence-corrected chi connectivity index (χ3v) is 9.48. The van der Waals surface area contributed by atoms with E-state index < -0.39 is 0 Å². The van der Waals surface area contributed by atoms with Crippen molar-refractivity contribution in [2.24, 2.45) is 0 Å². The summed E-state index contributed by atoms with van der Waals surface area (Å²) in [6.45, 7) is 0. The molecule has 0 saturated carbocycles. The molecule has 2 bridgehead atoms. The largest absolute Gasteiger partial charge is 0.292 e. The van der Waals surface area contributed by atoms with Crippen LogP contribution in [0.25, 0.3) is 39.2 Å². The van der Waals surface area contributed by atoms with Gasteiger partial charge in [-0.05, 0) is 74.8 Å². The highest BCUT2D eigenvalue weighted by Crippen LogP contribution is 2.60. The van der Waals surface area contributed by atoms with Crippen LogP contribution in [0, 0.1) is 22.7 Å². The van der Waals surface area contributed by atoms with Crippen molar-refractivity contribution in [3.8, 4) is 40.3 Å². The van der Waals surface area contributed by atoms with Gasteiger partial charge in [-0.3, -0.25) is 4.57 Å². The Morgan fingerprint density at radius 1 is 0.511 bits per heavy atom. The van der Waals surface area contributed by atoms with E-state index >= 15 is 0 Å². The summed E-state index contributed by atoms with van der Waals surface area (Å²) in [5.41, 5.74) is 14.3. The number of aromatic nitrogens is 2. The molecule has 3 aliphatic carbocycles. The summed E-state index contributed by atoms with van der Waals surface area (Å²) in [4.78, 5) is 5.17. The van der Waals surface area contributed by atoms with Crippen LogP contribution in [0.1, 0.15) is 56.3 Å². The lowest BCUT2D eigenvalue weighted by Gasteiger charge is -2.45. The fourth-order valence-corrected chi connectivity index (χ4v) is 7.77. The molecule has 208 valence electrons. The number of hydrogen-bond donors (Lipinski definition) is 0. The Morgan fingerprint density at radius 3 is 1.76 bits per heavy atom. The number of rotatable bonds is 3. The second-order valence-electron chi connectivity index (χ2n) is 11.7. The van der Waals surface area contributed by atoms with Crippen molar-refractivity contribution in [1.82, 2.24) is 9.55 Å². The highest BCUT2D eigenvalue weighted by Gasteiger charge is 2.46. The number of para-hydroxylation sites is 2. The van der Waals surface area contributed by atoms with Crippen LogP contribution in [-0.2, 0) is 0 Å². The van der Waals surface area contributed by atoms with Gasteiger partial charge in [-0.1, -0.05) is 103 Å². The Morgan fingerprint density at radius 2 is 1.11 bits per heavy atom. The van der Waals surface area contributed by atoms with Crippen LogP contribution in [0.15, 0.2) is 133 Å². The van der Waals surface area contributed by atoms with Crippen LogP contribution in [0.2, 0.25) is 0 Å². The normalized spacial score (nSPS) is 15.5. The van der Waals surface area contributed by atoms with Crippen LogP contribution in [0.3, 0.4) is 0 Å². The standard InChI is InChI=1S/C41H24N4/c42-23-27-15-9-17-30-35(27)40-36-28(24-43)16-10-18-31(36)37(30)39-34(22-21-29(38(39)40)25-11-3-1-4-12-25)45-33-20-8-7-19-32(33)44-41(45)26-13-5-2-6-14-26/h1-22,37,40H. The van der Waals surface area contributed by atoms with E-state index in [9.17, 15) is 10.5 Å². The van der Waals surface area contributed by atoms with Gasteiger partial charge in [-0.15, -0.1) is 0 Å². The molecule has 0 saturated heterocycles. The lowest BCUT2D eigenvalue weighted by molar-refractivity contribution is 0.745. The van der Waals surface area contributed by atoms with Crippen molar-refractivity contribution in [1.29, 1.82) is 10.5 Å². The molecule has 0 N–H and O–H groups in total. The van der Waals surface area contributed by atoms with Gasteiger partial charge in [0.2, 0.25) is 0 Å². The number of fused-ring (bicyclic) bond motifs is 1. The highest BCUT2D eigenvalue weighted by atomic mass is 15.1. The summed E-state index contributed by atoms with van der Waals surface area (Å²) in [6.07, 6.45) is 0. The fourth-order valence-electron chi connectivity index (χ4n) is 7.77. The maximum atomic E-state index is 10.4. The highest BCUT2D eigenvalue weighted by molar-refractivity contribution is 5.88. The first-order valence-corrected chi connectivity index (χ1v) is 15.1. The first kappa shape index (κ1) is 25.3. The minimum Gasteiger partial charge on any atom is -0.292 e. The lowest BCUT2D eigenvalue weighted by Crippen LogP contribution is -2.31. The second-order valence-corrected chi connectivity index (χ2v) is 11.7. The van der Waals surface area contributed by atoms with Gasteiger partial charge in [0.1, 0.15) is 5.82 Å². The average Bonchev–Trinajstić information content (AvgIpc) is 3.50. The first-order chi connectivity index (χ1) is 22.3. The topological polar surface area (TPSA) is 65.4 Å². The van der Waals surface area contributed by atoms with E-state index in [1.165, 1.54) is 5.56 Å². The van der Waals surface area contributed by atoms with Crippen LogP contribution in [-0.4, -0.2) is 9.55 Å². The summed E-state index contributed by atoms with van der Waals surface area (Å²) in [5, 5.41) is 20.8. The lowest BCUT2D eigenvalue weighted by atomic mass is 9.58. The molecule has 4 nitrogen and oxygen atoms in total. The predicted molar refractivity (Wildman–Crippen MR) is 176 cm³/mol. The molecule has 0 spiro atoms. The Balaban J connectivity index is 1.47. The Kier molecular flexibility index (Phi) is 5.42. The van der Waals surface area contributed by atoms with Gasteiger partial charge >= 0.3 is 0 Å². The van der Waals surface area contributed by atoms with Crippen molar-refractivity contribution in [3.63, 3.8) is 0 Å². The van der Waals surface area contributed by atoms with Crippen molar-refractivity contribution in [3.05, 3.63) is 178 Å². The second kappa shape index (κ2) is 9.64. The molecule has 10 rings (SSSR count). The number of nitriles is 2. The van der Waals surface area contributed by atoms with Gasteiger partial charge in [0.05, 0.1) is 40.0 Å². The van der Waals surface area contributed by atoms with Crippen molar-refractivity contribution in [2.45, 2.75) is 11.8 Å². The smallest absolute Gasteiger partial charge is 0.145 e. The molecule has 0 unspecified atom stereocenters. The zero-order valence-electron chi connectivity index (χ0n) is 24.1. The molecular formula is C41H24N4. The first-order valence-electron chi connectivity index (χ1n) is 15.1. The number of imidazole rings is 1. The molecule has 1 heterocycles. The molecule has 0 radical (unpaired) electrons. The van der Waals surface area contributed by atoms with Gasteiger partial charge in [0, 0.05) is 17.4 Å². The monoisotopic (exact) mass is 572 g/mol. The molecule has 3 aliphatic rings. The quantitative estimate of drug-likeness (QED) is 0.212. The number of hydrogen-bond acceptors (Lipinski definition) is 3. The van der Waals surface area contributed by atoms with Gasteiger partial charge in [-0.2, -0.15) is 10.5 Å². The van der Waals surface area contributed by atoms with Crippen LogP contribution in [0.4, 0.5) is 0 Å². The molecule has 0 aliphatic heterocycles. The van der Waals surface area contributed by atoms with Crippen LogP contribution >= 0.6 is 0 Å². The zero-order chi connectivity index (χ0) is 30.1. The van der Waals surface area contributed by atoms with Gasteiger partial charge in [-0.25, -0.2) is 4.98 Å². The fraction of sp³-hybridized carbons (Fsp3) is 0.0488. The maximum absolute atomic E-state index is 10.4. The molecule has 45 heavy (non-hydrogen) atoms. The third-order valence-electron chi connectivity index (χ3n) is 9.48. The van der Waals surface area contributed by atoms with Crippen molar-refractivity contribution < 1.29 is 0 Å².